The van der Waals surface area contributed by atoms with Gasteiger partial charge in [0.1, 0.15) is 18.2 Å². The van der Waals surface area contributed by atoms with Crippen molar-refractivity contribution in [3.8, 4) is 23.6 Å². The number of hydrogen-bond donors (Lipinski definition) is 1. The zero-order valence-corrected chi connectivity index (χ0v) is 20.6. The molecular weight excluding hydrogens is 528 g/mol. The highest BCUT2D eigenvalue weighted by Crippen LogP contribution is 2.35. The summed E-state index contributed by atoms with van der Waals surface area (Å²) in [4.78, 5) is 23.1. The van der Waals surface area contributed by atoms with Gasteiger partial charge in [0.05, 0.1) is 23.2 Å². The molecule has 0 heterocycles. The van der Waals surface area contributed by atoms with Crippen LogP contribution in [0.5, 0.6) is 11.5 Å². The topological polar surface area (TPSA) is 138 Å². The summed E-state index contributed by atoms with van der Waals surface area (Å²) in [6.07, 6.45) is 1.37. The van der Waals surface area contributed by atoms with Gasteiger partial charge >= 0.3 is 0 Å². The Kier molecular flexibility index (Phi) is 8.76. The number of nitrogens with zero attached hydrogens (tertiary/aromatic N) is 3. The number of carbonyl (C=O) groups excluding carboxylic acids is 1. The van der Waals surface area contributed by atoms with Crippen LogP contribution in [0.4, 0.5) is 11.4 Å². The van der Waals surface area contributed by atoms with Gasteiger partial charge < -0.3 is 14.8 Å². The van der Waals surface area contributed by atoms with Crippen molar-refractivity contribution in [1.29, 1.82) is 10.5 Å². The number of non-ortho nitro benzene ring substituents is 1. The predicted octanol–water partition coefficient (Wildman–Crippen LogP) is 5.75. The van der Waals surface area contributed by atoms with E-state index in [4.69, 9.17) is 9.47 Å². The lowest BCUT2D eigenvalue weighted by Gasteiger charge is -2.15. The predicted molar refractivity (Wildman–Crippen MR) is 136 cm³/mol. The molecule has 0 saturated heterocycles. The first-order chi connectivity index (χ1) is 17.4. The summed E-state index contributed by atoms with van der Waals surface area (Å²) < 4.78 is 12.1. The van der Waals surface area contributed by atoms with Crippen LogP contribution in [0.3, 0.4) is 0 Å². The minimum absolute atomic E-state index is 0.139. The molecule has 0 aliphatic rings. The molecule has 9 nitrogen and oxygen atoms in total. The summed E-state index contributed by atoms with van der Waals surface area (Å²) in [5, 5.41) is 32.3. The van der Waals surface area contributed by atoms with Crippen LogP contribution in [-0.4, -0.2) is 17.4 Å². The standard InChI is InChI=1S/C26H19BrN4O5/c1-2-35-24-11-19(23(27)13-25(24)36-16-18-7-4-3-6-17(18)14-28)10-20(15-29)26(32)30-21-8-5-9-22(12-21)31(33)34/h3-13H,2,16H2,1H3,(H,30,32)/b20-10+. The van der Waals surface area contributed by atoms with E-state index in [1.165, 1.54) is 30.3 Å². The summed E-state index contributed by atoms with van der Waals surface area (Å²) in [5.74, 6) is 0.0715. The van der Waals surface area contributed by atoms with Gasteiger partial charge in [-0.1, -0.05) is 40.2 Å². The minimum atomic E-state index is -0.726. The third kappa shape index (κ3) is 6.47. The SMILES string of the molecule is CCOc1cc(/C=C(\C#N)C(=O)Nc2cccc([N+](=O)[O-])c2)c(Br)cc1OCc1ccccc1C#N. The van der Waals surface area contributed by atoms with Gasteiger partial charge in [-0.25, -0.2) is 0 Å². The number of halogens is 1. The van der Waals surface area contributed by atoms with Crippen LogP contribution in [0.2, 0.25) is 0 Å². The fourth-order valence-corrected chi connectivity index (χ4v) is 3.59. The molecule has 10 heteroatoms. The van der Waals surface area contributed by atoms with E-state index in [1.807, 2.05) is 12.1 Å². The van der Waals surface area contributed by atoms with Crippen molar-refractivity contribution in [3.63, 3.8) is 0 Å². The summed E-state index contributed by atoms with van der Waals surface area (Å²) in [6.45, 7) is 2.29. The summed E-state index contributed by atoms with van der Waals surface area (Å²) in [6, 6.07) is 19.8. The first-order valence-corrected chi connectivity index (χ1v) is 11.4. The molecule has 3 rings (SSSR count). The van der Waals surface area contributed by atoms with Crippen LogP contribution in [0.25, 0.3) is 6.08 Å². The fraction of sp³-hybridized carbons (Fsp3) is 0.115. The van der Waals surface area contributed by atoms with Crippen molar-refractivity contribution in [3.05, 3.63) is 97.5 Å². The molecule has 0 aliphatic carbocycles. The lowest BCUT2D eigenvalue weighted by molar-refractivity contribution is -0.384. The van der Waals surface area contributed by atoms with E-state index in [-0.39, 0.29) is 23.6 Å². The monoisotopic (exact) mass is 546 g/mol. The van der Waals surface area contributed by atoms with Crippen LogP contribution >= 0.6 is 15.9 Å². The number of nitriles is 2. The number of rotatable bonds is 9. The Morgan fingerprint density at radius 1 is 1.11 bits per heavy atom. The number of nitro benzene ring substituents is 1. The van der Waals surface area contributed by atoms with Gasteiger partial charge in [-0.05, 0) is 42.8 Å². The van der Waals surface area contributed by atoms with E-state index in [1.54, 1.807) is 37.3 Å². The number of nitrogens with one attached hydrogen (secondary N) is 1. The number of amides is 1. The van der Waals surface area contributed by atoms with E-state index in [2.05, 4.69) is 27.3 Å². The molecule has 0 fully saturated rings. The Morgan fingerprint density at radius 2 is 1.86 bits per heavy atom. The Labute approximate surface area is 215 Å². The molecular formula is C26H19BrN4O5. The van der Waals surface area contributed by atoms with E-state index in [9.17, 15) is 25.4 Å². The summed E-state index contributed by atoms with van der Waals surface area (Å²) in [5.41, 5.74) is 1.48. The molecule has 36 heavy (non-hydrogen) atoms. The summed E-state index contributed by atoms with van der Waals surface area (Å²) >= 11 is 3.44. The Bertz CT molecular complexity index is 1420. The highest BCUT2D eigenvalue weighted by Gasteiger charge is 2.16. The molecule has 0 unspecified atom stereocenters. The molecule has 0 aromatic heterocycles. The second-order valence-electron chi connectivity index (χ2n) is 7.24. The molecule has 180 valence electrons. The van der Waals surface area contributed by atoms with Crippen molar-refractivity contribution in [2.24, 2.45) is 0 Å². The molecule has 1 N–H and O–H groups in total. The molecule has 3 aromatic rings. The average Bonchev–Trinajstić information content (AvgIpc) is 2.88. The molecule has 0 spiro atoms. The number of benzene rings is 3. The average molecular weight is 547 g/mol. The Hall–Kier alpha value is -4.67. The fourth-order valence-electron chi connectivity index (χ4n) is 3.15. The van der Waals surface area contributed by atoms with Crippen LogP contribution in [0, 0.1) is 32.8 Å². The van der Waals surface area contributed by atoms with Crippen LogP contribution in [0.15, 0.2) is 70.7 Å². The van der Waals surface area contributed by atoms with E-state index in [0.29, 0.717) is 39.3 Å². The number of hydrogen-bond acceptors (Lipinski definition) is 7. The van der Waals surface area contributed by atoms with Crippen LogP contribution < -0.4 is 14.8 Å². The molecule has 1 amide bonds. The van der Waals surface area contributed by atoms with Gasteiger partial charge in [0, 0.05) is 27.9 Å². The Morgan fingerprint density at radius 3 is 2.56 bits per heavy atom. The van der Waals surface area contributed by atoms with E-state index < -0.39 is 10.8 Å². The van der Waals surface area contributed by atoms with Crippen molar-refractivity contribution < 1.29 is 19.2 Å². The van der Waals surface area contributed by atoms with Crippen LogP contribution in [0.1, 0.15) is 23.6 Å². The number of ether oxygens (including phenoxy) is 2. The number of carbonyl (C=O) groups is 1. The van der Waals surface area contributed by atoms with Gasteiger partial charge in [0.2, 0.25) is 0 Å². The normalized spacial score (nSPS) is 10.6. The van der Waals surface area contributed by atoms with E-state index >= 15 is 0 Å². The first-order valence-electron chi connectivity index (χ1n) is 10.6. The molecule has 0 atom stereocenters. The maximum atomic E-state index is 12.7. The van der Waals surface area contributed by atoms with Gasteiger partial charge in [0.15, 0.2) is 11.5 Å². The zero-order chi connectivity index (χ0) is 26.1. The maximum Gasteiger partial charge on any atom is 0.271 e. The van der Waals surface area contributed by atoms with Gasteiger partial charge in [-0.15, -0.1) is 0 Å². The Balaban J connectivity index is 1.87. The number of nitro groups is 1. The highest BCUT2D eigenvalue weighted by molar-refractivity contribution is 9.10. The molecule has 0 saturated carbocycles. The van der Waals surface area contributed by atoms with Gasteiger partial charge in [0.25, 0.3) is 11.6 Å². The number of anilines is 1. The smallest absolute Gasteiger partial charge is 0.271 e. The lowest BCUT2D eigenvalue weighted by Crippen LogP contribution is -2.13. The zero-order valence-electron chi connectivity index (χ0n) is 19.0. The first kappa shape index (κ1) is 25.9. The maximum absolute atomic E-state index is 12.7. The van der Waals surface area contributed by atoms with Gasteiger partial charge in [-0.3, -0.25) is 14.9 Å². The second-order valence-corrected chi connectivity index (χ2v) is 8.10. The molecule has 3 aromatic carbocycles. The quantitative estimate of drug-likeness (QED) is 0.156. The third-order valence-corrected chi connectivity index (χ3v) is 5.55. The summed E-state index contributed by atoms with van der Waals surface area (Å²) in [7, 11) is 0. The van der Waals surface area contributed by atoms with Crippen LogP contribution in [-0.2, 0) is 11.4 Å². The molecule has 0 radical (unpaired) electrons. The highest BCUT2D eigenvalue weighted by atomic mass is 79.9. The molecule has 0 bridgehead atoms. The van der Waals surface area contributed by atoms with Crippen molar-refractivity contribution in [2.75, 3.05) is 11.9 Å². The van der Waals surface area contributed by atoms with E-state index in [0.717, 1.165) is 0 Å². The minimum Gasteiger partial charge on any atom is -0.490 e. The second kappa shape index (κ2) is 12.2. The lowest BCUT2D eigenvalue weighted by atomic mass is 10.1. The third-order valence-electron chi connectivity index (χ3n) is 4.86. The molecule has 0 aliphatic heterocycles. The van der Waals surface area contributed by atoms with Crippen molar-refractivity contribution >= 4 is 39.3 Å². The van der Waals surface area contributed by atoms with Crippen molar-refractivity contribution in [1.82, 2.24) is 0 Å². The van der Waals surface area contributed by atoms with Gasteiger partial charge in [-0.2, -0.15) is 10.5 Å². The van der Waals surface area contributed by atoms with Crippen molar-refractivity contribution in [2.45, 2.75) is 13.5 Å². The largest absolute Gasteiger partial charge is 0.490 e.